The Balaban J connectivity index is 2.50. The van der Waals surface area contributed by atoms with E-state index in [4.69, 9.17) is 13.6 Å². The Bertz CT molecular complexity index is 186. The summed E-state index contributed by atoms with van der Waals surface area (Å²) in [6, 6.07) is 0. The quantitative estimate of drug-likeness (QED) is 0.715. The van der Waals surface area contributed by atoms with Crippen LogP contribution in [0.5, 0.6) is 0 Å². The lowest BCUT2D eigenvalue weighted by atomic mass is 10.3. The molecule has 5 heteroatoms. The molecule has 3 nitrogen and oxygen atoms in total. The maximum Gasteiger partial charge on any atom is 0.184 e. The second-order valence-corrected chi connectivity index (χ2v) is 15.0. The molecule has 1 heterocycles. The van der Waals surface area contributed by atoms with Crippen molar-refractivity contribution in [2.45, 2.75) is 51.5 Å². The van der Waals surface area contributed by atoms with Gasteiger partial charge in [0.05, 0.1) is 25.4 Å². The predicted molar refractivity (Wildman–Crippen MR) is 67.3 cm³/mol. The van der Waals surface area contributed by atoms with Crippen LogP contribution < -0.4 is 0 Å². The molecular formula is C10H24O3Si2. The molecule has 1 fully saturated rings. The van der Waals surface area contributed by atoms with E-state index in [1.165, 1.54) is 0 Å². The fourth-order valence-electron chi connectivity index (χ4n) is 1.64. The fourth-order valence-corrected chi connectivity index (χ4v) is 3.90. The maximum atomic E-state index is 6.07. The Morgan fingerprint density at radius 2 is 1.13 bits per heavy atom. The van der Waals surface area contributed by atoms with Gasteiger partial charge in [-0.2, -0.15) is 0 Å². The molecule has 0 bridgehead atoms. The van der Waals surface area contributed by atoms with E-state index in [1.807, 2.05) is 0 Å². The first-order valence-electron chi connectivity index (χ1n) is 5.61. The average Bonchev–Trinajstić information content (AvgIpc) is 2.29. The van der Waals surface area contributed by atoms with Crippen molar-refractivity contribution in [2.24, 2.45) is 0 Å². The van der Waals surface area contributed by atoms with Crippen molar-refractivity contribution in [3.63, 3.8) is 0 Å². The largest absolute Gasteiger partial charge is 0.410 e. The minimum absolute atomic E-state index is 0.156. The van der Waals surface area contributed by atoms with Crippen molar-refractivity contribution in [3.05, 3.63) is 0 Å². The summed E-state index contributed by atoms with van der Waals surface area (Å²) in [5.41, 5.74) is 0. The monoisotopic (exact) mass is 248 g/mol. The average molecular weight is 248 g/mol. The molecule has 0 amide bonds. The lowest BCUT2D eigenvalue weighted by Gasteiger charge is -2.30. The van der Waals surface area contributed by atoms with Gasteiger partial charge in [-0.3, -0.25) is 0 Å². The van der Waals surface area contributed by atoms with Crippen LogP contribution in [0.2, 0.25) is 39.3 Å². The minimum atomic E-state index is -1.48. The van der Waals surface area contributed by atoms with Gasteiger partial charge in [0.1, 0.15) is 0 Å². The first kappa shape index (κ1) is 13.4. The standard InChI is InChI=1S/C10H24O3Si2/c1-14(2,3)12-9-7-11-8-10(9)13-15(4,5)6/h9-10H,7-8H2,1-6H3. The smallest absolute Gasteiger partial charge is 0.184 e. The van der Waals surface area contributed by atoms with Crippen LogP contribution in [0.1, 0.15) is 0 Å². The topological polar surface area (TPSA) is 27.7 Å². The van der Waals surface area contributed by atoms with E-state index in [0.717, 1.165) is 0 Å². The highest BCUT2D eigenvalue weighted by molar-refractivity contribution is 6.70. The highest BCUT2D eigenvalue weighted by Crippen LogP contribution is 2.21. The van der Waals surface area contributed by atoms with Crippen LogP contribution in [-0.4, -0.2) is 42.1 Å². The van der Waals surface area contributed by atoms with Crippen LogP contribution in [0, 0.1) is 0 Å². The van der Waals surface area contributed by atoms with Gasteiger partial charge in [-0.15, -0.1) is 0 Å². The summed E-state index contributed by atoms with van der Waals surface area (Å²) in [7, 11) is -2.97. The molecule has 1 saturated heterocycles. The normalized spacial score (nSPS) is 28.4. The van der Waals surface area contributed by atoms with Gasteiger partial charge in [0, 0.05) is 0 Å². The van der Waals surface area contributed by atoms with Crippen molar-refractivity contribution in [2.75, 3.05) is 13.2 Å². The van der Waals surface area contributed by atoms with Gasteiger partial charge < -0.3 is 13.6 Å². The third-order valence-corrected chi connectivity index (χ3v) is 4.01. The van der Waals surface area contributed by atoms with Crippen LogP contribution >= 0.6 is 0 Å². The van der Waals surface area contributed by atoms with Gasteiger partial charge in [-0.25, -0.2) is 0 Å². The van der Waals surface area contributed by atoms with Gasteiger partial charge in [0.25, 0.3) is 0 Å². The van der Waals surface area contributed by atoms with Crippen LogP contribution in [0.25, 0.3) is 0 Å². The molecule has 90 valence electrons. The predicted octanol–water partition coefficient (Wildman–Crippen LogP) is 2.46. The van der Waals surface area contributed by atoms with Gasteiger partial charge >= 0.3 is 0 Å². The molecule has 0 saturated carbocycles. The minimum Gasteiger partial charge on any atom is -0.410 e. The molecule has 0 N–H and O–H groups in total. The summed E-state index contributed by atoms with van der Waals surface area (Å²) >= 11 is 0. The van der Waals surface area contributed by atoms with Crippen LogP contribution in [0.3, 0.4) is 0 Å². The van der Waals surface area contributed by atoms with E-state index >= 15 is 0 Å². The zero-order valence-electron chi connectivity index (χ0n) is 10.8. The molecule has 0 aliphatic carbocycles. The number of hydrogen-bond donors (Lipinski definition) is 0. The van der Waals surface area contributed by atoms with E-state index < -0.39 is 16.6 Å². The third-order valence-electron chi connectivity index (χ3n) is 1.99. The molecule has 1 rings (SSSR count). The van der Waals surface area contributed by atoms with E-state index in [1.54, 1.807) is 0 Å². The first-order valence-corrected chi connectivity index (χ1v) is 12.4. The zero-order valence-corrected chi connectivity index (χ0v) is 12.8. The summed E-state index contributed by atoms with van der Waals surface area (Å²) < 4.78 is 17.6. The second-order valence-electron chi connectivity index (χ2n) is 6.07. The van der Waals surface area contributed by atoms with Crippen molar-refractivity contribution in [3.8, 4) is 0 Å². The van der Waals surface area contributed by atoms with Crippen LogP contribution in [0.15, 0.2) is 0 Å². The number of ether oxygens (including phenoxy) is 1. The summed E-state index contributed by atoms with van der Waals surface area (Å²) in [5.74, 6) is 0. The molecule has 0 aromatic heterocycles. The second kappa shape index (κ2) is 4.67. The molecular weight excluding hydrogens is 224 g/mol. The van der Waals surface area contributed by atoms with Gasteiger partial charge in [-0.05, 0) is 39.3 Å². The summed E-state index contributed by atoms with van der Waals surface area (Å²) in [6.07, 6.45) is 0.312. The van der Waals surface area contributed by atoms with Gasteiger partial charge in [-0.1, -0.05) is 0 Å². The molecule has 0 radical (unpaired) electrons. The maximum absolute atomic E-state index is 6.07. The Kier molecular flexibility index (Phi) is 4.16. The third kappa shape index (κ3) is 5.26. The number of hydrogen-bond acceptors (Lipinski definition) is 3. The Morgan fingerprint density at radius 3 is 1.40 bits per heavy atom. The van der Waals surface area contributed by atoms with Crippen LogP contribution in [0.4, 0.5) is 0 Å². The lowest BCUT2D eigenvalue weighted by molar-refractivity contribution is 0.0813. The van der Waals surface area contributed by atoms with Gasteiger partial charge in [0.15, 0.2) is 16.6 Å². The van der Waals surface area contributed by atoms with Crippen molar-refractivity contribution in [1.82, 2.24) is 0 Å². The Morgan fingerprint density at radius 1 is 0.800 bits per heavy atom. The fraction of sp³-hybridized carbons (Fsp3) is 1.00. The van der Waals surface area contributed by atoms with Crippen molar-refractivity contribution in [1.29, 1.82) is 0 Å². The van der Waals surface area contributed by atoms with Crippen molar-refractivity contribution < 1.29 is 13.6 Å². The molecule has 15 heavy (non-hydrogen) atoms. The van der Waals surface area contributed by atoms with E-state index in [0.29, 0.717) is 13.2 Å². The summed E-state index contributed by atoms with van der Waals surface area (Å²) in [5, 5.41) is 0. The van der Waals surface area contributed by atoms with E-state index in [2.05, 4.69) is 39.3 Å². The Hall–Kier alpha value is 0.314. The highest BCUT2D eigenvalue weighted by atomic mass is 28.4. The summed E-state index contributed by atoms with van der Waals surface area (Å²) in [6.45, 7) is 14.6. The molecule has 1 aliphatic heterocycles. The van der Waals surface area contributed by atoms with Crippen molar-refractivity contribution >= 4 is 16.6 Å². The Labute approximate surface area is 95.4 Å². The molecule has 1 aliphatic rings. The summed E-state index contributed by atoms with van der Waals surface area (Å²) in [4.78, 5) is 0. The lowest BCUT2D eigenvalue weighted by Crippen LogP contribution is -2.43. The molecule has 0 aromatic rings. The first-order chi connectivity index (χ1) is 6.67. The zero-order chi connectivity index (χ0) is 11.7. The SMILES string of the molecule is C[Si](C)(C)OC1COCC1O[Si](C)(C)C. The number of rotatable bonds is 4. The van der Waals surface area contributed by atoms with E-state index in [-0.39, 0.29) is 12.2 Å². The van der Waals surface area contributed by atoms with Crippen LogP contribution in [-0.2, 0) is 13.6 Å². The molecule has 2 unspecified atom stereocenters. The highest BCUT2D eigenvalue weighted by Gasteiger charge is 2.36. The van der Waals surface area contributed by atoms with Gasteiger partial charge in [0.2, 0.25) is 0 Å². The molecule has 0 spiro atoms. The van der Waals surface area contributed by atoms with E-state index in [9.17, 15) is 0 Å². The molecule has 2 atom stereocenters. The molecule has 0 aromatic carbocycles.